The lowest BCUT2D eigenvalue weighted by Gasteiger charge is -2.16. The van der Waals surface area contributed by atoms with Crippen molar-refractivity contribution in [1.82, 2.24) is 24.8 Å². The van der Waals surface area contributed by atoms with Crippen molar-refractivity contribution in [1.29, 1.82) is 0 Å². The van der Waals surface area contributed by atoms with E-state index in [-0.39, 0.29) is 11.9 Å². The minimum absolute atomic E-state index is 0.0456. The van der Waals surface area contributed by atoms with Gasteiger partial charge in [-0.2, -0.15) is 0 Å². The number of benzene rings is 1. The van der Waals surface area contributed by atoms with Crippen LogP contribution >= 0.6 is 11.6 Å². The highest BCUT2D eigenvalue weighted by Gasteiger charge is 2.25. The molecule has 0 aliphatic carbocycles. The van der Waals surface area contributed by atoms with E-state index < -0.39 is 0 Å². The van der Waals surface area contributed by atoms with Gasteiger partial charge in [-0.15, -0.1) is 0 Å². The lowest BCUT2D eigenvalue weighted by molar-refractivity contribution is -0.125. The molecule has 7 nitrogen and oxygen atoms in total. The first-order valence-corrected chi connectivity index (χ1v) is 10.8. The first-order chi connectivity index (χ1) is 15.5. The fourth-order valence-electron chi connectivity index (χ4n) is 3.57. The van der Waals surface area contributed by atoms with Crippen molar-refractivity contribution in [3.63, 3.8) is 0 Å². The number of nitrogens with zero attached hydrogens (tertiary/aromatic N) is 4. The van der Waals surface area contributed by atoms with Crippen LogP contribution in [0.4, 0.5) is 5.82 Å². The summed E-state index contributed by atoms with van der Waals surface area (Å²) in [6.07, 6.45) is 5.94. The molecule has 1 atom stereocenters. The molecule has 3 heterocycles. The van der Waals surface area contributed by atoms with E-state index in [2.05, 4.69) is 32.1 Å². The third-order valence-electron chi connectivity index (χ3n) is 5.16. The van der Waals surface area contributed by atoms with Gasteiger partial charge in [0.2, 0.25) is 5.91 Å². The number of carbonyl (C=O) groups is 1. The van der Waals surface area contributed by atoms with E-state index >= 15 is 0 Å². The number of H-pyrrole nitrogens is 1. The molecule has 32 heavy (non-hydrogen) atoms. The second-order valence-electron chi connectivity index (χ2n) is 8.01. The quantitative estimate of drug-likeness (QED) is 0.463. The van der Waals surface area contributed by atoms with Crippen molar-refractivity contribution in [3.05, 3.63) is 65.1 Å². The summed E-state index contributed by atoms with van der Waals surface area (Å²) in [7, 11) is 3.95. The maximum atomic E-state index is 12.4. The van der Waals surface area contributed by atoms with Gasteiger partial charge >= 0.3 is 0 Å². The fraction of sp³-hybridized carbons (Fsp3) is 0.292. The summed E-state index contributed by atoms with van der Waals surface area (Å²) in [4.78, 5) is 28.2. The van der Waals surface area contributed by atoms with E-state index in [1.54, 1.807) is 6.08 Å². The number of hydrogen-bond donors (Lipinski definition) is 2. The van der Waals surface area contributed by atoms with Crippen LogP contribution < -0.4 is 5.32 Å². The van der Waals surface area contributed by atoms with E-state index in [1.165, 1.54) is 6.33 Å². The Labute approximate surface area is 192 Å². The van der Waals surface area contributed by atoms with E-state index in [4.69, 9.17) is 11.6 Å². The van der Waals surface area contributed by atoms with E-state index in [9.17, 15) is 4.79 Å². The molecule has 0 radical (unpaired) electrons. The number of aromatic nitrogens is 3. The SMILES string of the molecule is CN(C)CC=CC(=O)N1CCC(Nc2ncnc3[nH]c(C#Cc4cccc(Cl)c4)cc23)C1. The van der Waals surface area contributed by atoms with Crippen LogP contribution in [0.1, 0.15) is 17.7 Å². The van der Waals surface area contributed by atoms with Crippen LogP contribution in [0.2, 0.25) is 5.02 Å². The number of hydrogen-bond acceptors (Lipinski definition) is 5. The van der Waals surface area contributed by atoms with Crippen molar-refractivity contribution < 1.29 is 4.79 Å². The minimum atomic E-state index is 0.0456. The lowest BCUT2D eigenvalue weighted by atomic mass is 10.2. The van der Waals surface area contributed by atoms with Gasteiger partial charge in [-0.3, -0.25) is 4.79 Å². The van der Waals surface area contributed by atoms with Gasteiger partial charge < -0.3 is 20.1 Å². The molecule has 1 aliphatic heterocycles. The number of aromatic amines is 1. The summed E-state index contributed by atoms with van der Waals surface area (Å²) in [5.74, 6) is 7.02. The summed E-state index contributed by atoms with van der Waals surface area (Å²) < 4.78 is 0. The Morgan fingerprint density at radius 2 is 2.22 bits per heavy atom. The zero-order valence-electron chi connectivity index (χ0n) is 18.1. The van der Waals surface area contributed by atoms with Gasteiger partial charge in [-0.1, -0.05) is 29.7 Å². The van der Waals surface area contributed by atoms with Crippen molar-refractivity contribution in [2.75, 3.05) is 39.0 Å². The summed E-state index contributed by atoms with van der Waals surface area (Å²) in [6, 6.07) is 9.51. The molecule has 1 amide bonds. The summed E-state index contributed by atoms with van der Waals surface area (Å²) in [5.41, 5.74) is 2.31. The van der Waals surface area contributed by atoms with Crippen molar-refractivity contribution in [2.24, 2.45) is 0 Å². The number of likely N-dealkylation sites (N-methyl/N-ethyl adjacent to an activating group) is 1. The van der Waals surface area contributed by atoms with Gasteiger partial charge in [0.05, 0.1) is 11.1 Å². The number of halogens is 1. The van der Waals surface area contributed by atoms with Gasteiger partial charge in [-0.25, -0.2) is 9.97 Å². The molecular weight excluding hydrogens is 424 g/mol. The molecule has 1 aromatic carbocycles. The van der Waals surface area contributed by atoms with Crippen molar-refractivity contribution in [2.45, 2.75) is 12.5 Å². The fourth-order valence-corrected chi connectivity index (χ4v) is 3.76. The monoisotopic (exact) mass is 448 g/mol. The number of carbonyl (C=O) groups excluding carboxylic acids is 1. The predicted octanol–water partition coefficient (Wildman–Crippen LogP) is 3.14. The van der Waals surface area contributed by atoms with Gasteiger partial charge in [0.15, 0.2) is 0 Å². The third kappa shape index (κ3) is 5.47. The maximum Gasteiger partial charge on any atom is 0.246 e. The molecule has 2 N–H and O–H groups in total. The molecule has 0 saturated carbocycles. The Hall–Kier alpha value is -3.34. The second kappa shape index (κ2) is 9.86. The number of rotatable bonds is 5. The molecule has 1 unspecified atom stereocenters. The van der Waals surface area contributed by atoms with Crippen LogP contribution in [0.15, 0.2) is 48.8 Å². The Balaban J connectivity index is 1.44. The number of likely N-dealkylation sites (tertiary alicyclic amines) is 1. The molecule has 164 valence electrons. The Morgan fingerprint density at radius 3 is 3.03 bits per heavy atom. The molecule has 1 aliphatic rings. The largest absolute Gasteiger partial charge is 0.365 e. The van der Waals surface area contributed by atoms with Crippen LogP contribution in [0.25, 0.3) is 11.0 Å². The number of nitrogens with one attached hydrogen (secondary N) is 2. The van der Waals surface area contributed by atoms with Gasteiger partial charge in [-0.05, 0) is 50.7 Å². The van der Waals surface area contributed by atoms with Gasteiger partial charge in [0.1, 0.15) is 17.8 Å². The van der Waals surface area contributed by atoms with Gasteiger partial charge in [0.25, 0.3) is 0 Å². The average Bonchev–Trinajstić information content (AvgIpc) is 3.39. The highest BCUT2D eigenvalue weighted by molar-refractivity contribution is 6.30. The third-order valence-corrected chi connectivity index (χ3v) is 5.40. The topological polar surface area (TPSA) is 77.2 Å². The van der Waals surface area contributed by atoms with Crippen LogP contribution in [-0.2, 0) is 4.79 Å². The molecule has 2 aromatic heterocycles. The van der Waals surface area contributed by atoms with Crippen molar-refractivity contribution >= 4 is 34.4 Å². The molecule has 4 rings (SSSR count). The van der Waals surface area contributed by atoms with E-state index in [0.717, 1.165) is 47.6 Å². The maximum absolute atomic E-state index is 12.4. The summed E-state index contributed by atoms with van der Waals surface area (Å²) in [6.45, 7) is 2.11. The molecule has 1 fully saturated rings. The normalized spacial score (nSPS) is 16.0. The summed E-state index contributed by atoms with van der Waals surface area (Å²) in [5, 5.41) is 5.00. The first kappa shape index (κ1) is 21.9. The Kier molecular flexibility index (Phi) is 6.74. The zero-order chi connectivity index (χ0) is 22.5. The predicted molar refractivity (Wildman–Crippen MR) is 128 cm³/mol. The average molecular weight is 449 g/mol. The molecular formula is C24H25ClN6O. The Morgan fingerprint density at radius 1 is 1.34 bits per heavy atom. The minimum Gasteiger partial charge on any atom is -0.365 e. The molecule has 1 saturated heterocycles. The van der Waals surface area contributed by atoms with E-state index in [0.29, 0.717) is 11.6 Å². The standard InChI is InChI=1S/C24H25ClN6O/c1-30(2)11-4-7-22(32)31-12-10-20(15-31)29-24-21-14-19(28-23(21)26-16-27-24)9-8-17-5-3-6-18(25)13-17/h3-7,13-14,16,20H,10-12,15H2,1-2H3,(H2,26,27,28,29). The highest BCUT2D eigenvalue weighted by atomic mass is 35.5. The Bertz CT molecular complexity index is 1210. The molecule has 3 aromatic rings. The smallest absolute Gasteiger partial charge is 0.246 e. The molecule has 8 heteroatoms. The zero-order valence-corrected chi connectivity index (χ0v) is 18.9. The summed E-state index contributed by atoms with van der Waals surface area (Å²) >= 11 is 6.03. The second-order valence-corrected chi connectivity index (χ2v) is 8.44. The van der Waals surface area contributed by atoms with Crippen LogP contribution in [-0.4, -0.2) is 70.4 Å². The first-order valence-electron chi connectivity index (χ1n) is 10.5. The van der Waals surface area contributed by atoms with Crippen LogP contribution in [0.5, 0.6) is 0 Å². The van der Waals surface area contributed by atoms with Gasteiger partial charge in [0, 0.05) is 42.3 Å². The molecule has 0 bridgehead atoms. The van der Waals surface area contributed by atoms with E-state index in [1.807, 2.05) is 60.3 Å². The lowest BCUT2D eigenvalue weighted by Crippen LogP contribution is -2.30. The number of fused-ring (bicyclic) bond motifs is 1. The number of amides is 1. The van der Waals surface area contributed by atoms with Crippen LogP contribution in [0, 0.1) is 11.8 Å². The van der Waals surface area contributed by atoms with Crippen LogP contribution in [0.3, 0.4) is 0 Å². The number of anilines is 1. The van der Waals surface area contributed by atoms with Crippen molar-refractivity contribution in [3.8, 4) is 11.8 Å². The molecule has 0 spiro atoms. The highest BCUT2D eigenvalue weighted by Crippen LogP contribution is 2.23.